The number of hydrogen-bond donors (Lipinski definition) is 1. The monoisotopic (exact) mass is 318 g/mol. The van der Waals surface area contributed by atoms with E-state index in [4.69, 9.17) is 21.7 Å². The maximum Gasteiger partial charge on any atom is 0.187 e. The molecule has 2 bridgehead atoms. The van der Waals surface area contributed by atoms with Gasteiger partial charge in [0.2, 0.25) is 0 Å². The van der Waals surface area contributed by atoms with Crippen LogP contribution in [-0.2, 0) is 0 Å². The van der Waals surface area contributed by atoms with Crippen LogP contribution in [-0.4, -0.2) is 28.9 Å². The number of fused-ring (bicyclic) bond motifs is 4. The third-order valence-corrected chi connectivity index (χ3v) is 5.01. The molecule has 0 unspecified atom stereocenters. The molecule has 118 valence electrons. The van der Waals surface area contributed by atoms with E-state index in [1.807, 2.05) is 25.1 Å². The van der Waals surface area contributed by atoms with Crippen molar-refractivity contribution in [2.24, 2.45) is 5.92 Å². The van der Waals surface area contributed by atoms with Gasteiger partial charge in [-0.3, -0.25) is 0 Å². The van der Waals surface area contributed by atoms with Gasteiger partial charge in [-0.15, -0.1) is 6.58 Å². The van der Waals surface area contributed by atoms with E-state index < -0.39 is 5.72 Å². The Hall–Kier alpha value is -1.75. The van der Waals surface area contributed by atoms with E-state index in [-0.39, 0.29) is 12.0 Å². The second kappa shape index (κ2) is 5.47. The molecule has 5 heteroatoms. The first-order chi connectivity index (χ1) is 10.5. The molecule has 3 atom stereocenters. The van der Waals surface area contributed by atoms with Crippen molar-refractivity contribution in [3.63, 3.8) is 0 Å². The van der Waals surface area contributed by atoms with Crippen LogP contribution in [0, 0.1) is 5.92 Å². The van der Waals surface area contributed by atoms with Crippen molar-refractivity contribution in [2.45, 2.75) is 32.5 Å². The number of rotatable bonds is 4. The van der Waals surface area contributed by atoms with E-state index >= 15 is 0 Å². The smallest absolute Gasteiger partial charge is 0.187 e. The largest absolute Gasteiger partial charge is 0.490 e. The fourth-order valence-electron chi connectivity index (χ4n) is 3.34. The molecule has 0 amide bonds. The van der Waals surface area contributed by atoms with E-state index in [0.29, 0.717) is 18.3 Å². The fourth-order valence-corrected chi connectivity index (χ4v) is 3.73. The normalized spacial score (nSPS) is 29.2. The molecule has 0 saturated carbocycles. The van der Waals surface area contributed by atoms with E-state index in [9.17, 15) is 0 Å². The average Bonchev–Trinajstić information content (AvgIpc) is 2.49. The number of para-hydroxylation sites is 1. The predicted octanol–water partition coefficient (Wildman–Crippen LogP) is 3.25. The lowest BCUT2D eigenvalue weighted by Crippen LogP contribution is -2.68. The van der Waals surface area contributed by atoms with Crippen molar-refractivity contribution in [1.82, 2.24) is 10.2 Å². The molecule has 22 heavy (non-hydrogen) atoms. The van der Waals surface area contributed by atoms with Gasteiger partial charge in [0.1, 0.15) is 0 Å². The number of nitrogens with zero attached hydrogens (tertiary/aromatic N) is 1. The minimum Gasteiger partial charge on any atom is -0.490 e. The maximum atomic E-state index is 6.45. The van der Waals surface area contributed by atoms with Crippen LogP contribution >= 0.6 is 12.2 Å². The molecule has 1 N–H and O–H groups in total. The van der Waals surface area contributed by atoms with Crippen molar-refractivity contribution in [3.8, 4) is 11.5 Å². The Morgan fingerprint density at radius 1 is 1.55 bits per heavy atom. The van der Waals surface area contributed by atoms with Gasteiger partial charge in [0.25, 0.3) is 0 Å². The van der Waals surface area contributed by atoms with Crippen molar-refractivity contribution in [3.05, 3.63) is 36.4 Å². The zero-order valence-electron chi connectivity index (χ0n) is 13.3. The lowest BCUT2D eigenvalue weighted by Gasteiger charge is -2.56. The summed E-state index contributed by atoms with van der Waals surface area (Å²) in [6.45, 7) is 11.3. The van der Waals surface area contributed by atoms with Gasteiger partial charge in [0.05, 0.1) is 12.6 Å². The topological polar surface area (TPSA) is 33.7 Å². The summed E-state index contributed by atoms with van der Waals surface area (Å²) in [5.74, 6) is 1.85. The molecule has 4 nitrogen and oxygen atoms in total. The van der Waals surface area contributed by atoms with Crippen LogP contribution in [0.5, 0.6) is 11.5 Å². The summed E-state index contributed by atoms with van der Waals surface area (Å²) < 4.78 is 12.2. The van der Waals surface area contributed by atoms with E-state index in [1.54, 1.807) is 0 Å². The highest BCUT2D eigenvalue weighted by Crippen LogP contribution is 2.50. The van der Waals surface area contributed by atoms with Crippen LogP contribution in [0.25, 0.3) is 0 Å². The van der Waals surface area contributed by atoms with Gasteiger partial charge in [0.15, 0.2) is 22.3 Å². The molecule has 0 radical (unpaired) electrons. The molecule has 1 aromatic rings. The maximum absolute atomic E-state index is 6.45. The Labute approximate surface area is 137 Å². The lowest BCUT2D eigenvalue weighted by atomic mass is 9.81. The zero-order valence-corrected chi connectivity index (χ0v) is 14.1. The van der Waals surface area contributed by atoms with Gasteiger partial charge in [-0.1, -0.05) is 25.1 Å². The lowest BCUT2D eigenvalue weighted by molar-refractivity contribution is -0.107. The first kappa shape index (κ1) is 15.2. The Morgan fingerprint density at radius 3 is 3.00 bits per heavy atom. The minimum atomic E-state index is -0.513. The summed E-state index contributed by atoms with van der Waals surface area (Å²) >= 11 is 5.54. The highest BCUT2D eigenvalue weighted by molar-refractivity contribution is 7.80. The van der Waals surface area contributed by atoms with Crippen LogP contribution < -0.4 is 14.8 Å². The van der Waals surface area contributed by atoms with Crippen molar-refractivity contribution in [1.29, 1.82) is 0 Å². The highest BCUT2D eigenvalue weighted by Gasteiger charge is 2.53. The van der Waals surface area contributed by atoms with Gasteiger partial charge in [-0.25, -0.2) is 0 Å². The molecule has 2 heterocycles. The number of nitrogens with one attached hydrogen (secondary N) is 1. The summed E-state index contributed by atoms with van der Waals surface area (Å²) in [4.78, 5) is 2.06. The Kier molecular flexibility index (Phi) is 3.77. The average molecular weight is 318 g/mol. The number of thiocarbonyl (C=S) groups is 1. The van der Waals surface area contributed by atoms with Gasteiger partial charge >= 0.3 is 0 Å². The third kappa shape index (κ3) is 2.07. The zero-order chi connectivity index (χ0) is 15.9. The Morgan fingerprint density at radius 2 is 2.32 bits per heavy atom. The molecule has 1 fully saturated rings. The third-order valence-electron chi connectivity index (χ3n) is 4.67. The molecule has 2 aliphatic rings. The first-order valence-electron chi connectivity index (χ1n) is 7.66. The molecule has 2 aliphatic heterocycles. The molecule has 1 saturated heterocycles. The Bertz CT molecular complexity index is 619. The van der Waals surface area contributed by atoms with Crippen LogP contribution in [0.2, 0.25) is 0 Å². The van der Waals surface area contributed by atoms with Crippen molar-refractivity contribution in [2.75, 3.05) is 13.2 Å². The molecule has 1 aromatic carbocycles. The number of ether oxygens (including phenoxy) is 2. The molecule has 0 aliphatic carbocycles. The number of hydrogen-bond acceptors (Lipinski definition) is 3. The van der Waals surface area contributed by atoms with E-state index in [0.717, 1.165) is 17.1 Å². The standard InChI is InChI=1S/C17H22N2O2S/c1-5-10-19-16(22)18-14-11(3)17(19,4)21-15-12(14)8-7-9-13(15)20-6-2/h5,7-9,11,14H,1,6,10H2,2-4H3,(H,18,22)/t11-,14+,17-/m0/s1. The summed E-state index contributed by atoms with van der Waals surface area (Å²) in [5.41, 5.74) is 0.595. The minimum absolute atomic E-state index is 0.128. The fraction of sp³-hybridized carbons (Fsp3) is 0.471. The summed E-state index contributed by atoms with van der Waals surface area (Å²) in [5, 5.41) is 4.16. The van der Waals surface area contributed by atoms with Crippen LogP contribution in [0.1, 0.15) is 32.4 Å². The van der Waals surface area contributed by atoms with Gasteiger partial charge in [-0.2, -0.15) is 0 Å². The first-order valence-corrected chi connectivity index (χ1v) is 8.07. The Balaban J connectivity index is 2.11. The molecular weight excluding hydrogens is 296 g/mol. The molecular formula is C17H22N2O2S. The predicted molar refractivity (Wildman–Crippen MR) is 91.2 cm³/mol. The number of benzene rings is 1. The summed E-state index contributed by atoms with van der Waals surface area (Å²) in [6.07, 6.45) is 1.85. The summed E-state index contributed by atoms with van der Waals surface area (Å²) in [6, 6.07) is 6.16. The SMILES string of the molecule is C=CCN1C(=S)N[C@H]2c3cccc(OCC)c3O[C@@]1(C)[C@H]2C. The second-order valence-electron chi connectivity index (χ2n) is 5.88. The van der Waals surface area contributed by atoms with E-state index in [1.165, 1.54) is 0 Å². The summed E-state index contributed by atoms with van der Waals surface area (Å²) in [7, 11) is 0. The van der Waals surface area contributed by atoms with Gasteiger partial charge < -0.3 is 19.7 Å². The molecule has 0 spiro atoms. The van der Waals surface area contributed by atoms with Crippen LogP contribution in [0.15, 0.2) is 30.9 Å². The molecule has 0 aromatic heterocycles. The quantitative estimate of drug-likeness (QED) is 0.681. The van der Waals surface area contributed by atoms with Gasteiger partial charge in [-0.05, 0) is 32.1 Å². The van der Waals surface area contributed by atoms with Gasteiger partial charge in [0, 0.05) is 18.0 Å². The van der Waals surface area contributed by atoms with Crippen LogP contribution in [0.4, 0.5) is 0 Å². The van der Waals surface area contributed by atoms with Crippen molar-refractivity contribution < 1.29 is 9.47 Å². The van der Waals surface area contributed by atoms with Crippen molar-refractivity contribution >= 4 is 17.3 Å². The van der Waals surface area contributed by atoms with E-state index in [2.05, 4.69) is 36.7 Å². The second-order valence-corrected chi connectivity index (χ2v) is 6.27. The van der Waals surface area contributed by atoms with Crippen LogP contribution in [0.3, 0.4) is 0 Å². The molecule has 3 rings (SSSR count). The highest BCUT2D eigenvalue weighted by atomic mass is 32.1.